The summed E-state index contributed by atoms with van der Waals surface area (Å²) in [4.78, 5) is 11.1. The van der Waals surface area contributed by atoms with Crippen LogP contribution in [-0.2, 0) is 17.6 Å². The highest BCUT2D eigenvalue weighted by atomic mass is 16.4. The molecule has 0 saturated heterocycles. The number of fused-ring (bicyclic) bond motifs is 1. The van der Waals surface area contributed by atoms with Crippen molar-refractivity contribution in [3.8, 4) is 0 Å². The summed E-state index contributed by atoms with van der Waals surface area (Å²) in [6.07, 6.45) is 5.43. The van der Waals surface area contributed by atoms with Crippen molar-refractivity contribution in [2.24, 2.45) is 0 Å². The first-order valence-electron chi connectivity index (χ1n) is 6.07. The first-order valence-corrected chi connectivity index (χ1v) is 6.07. The Labute approximate surface area is 96.3 Å². The van der Waals surface area contributed by atoms with Crippen molar-refractivity contribution in [2.45, 2.75) is 44.9 Å². The SMILES string of the molecule is CC[C@@H](C(=O)O)c1ccc2c(c1)CCCC2. The molecule has 1 aliphatic rings. The summed E-state index contributed by atoms with van der Waals surface area (Å²) in [5.74, 6) is -1.05. The highest BCUT2D eigenvalue weighted by molar-refractivity contribution is 5.76. The number of carboxylic acids is 1. The minimum Gasteiger partial charge on any atom is -0.481 e. The molecule has 1 aliphatic carbocycles. The number of benzene rings is 1. The topological polar surface area (TPSA) is 37.3 Å². The van der Waals surface area contributed by atoms with Gasteiger partial charge in [-0.05, 0) is 48.8 Å². The van der Waals surface area contributed by atoms with E-state index in [1.54, 1.807) is 0 Å². The van der Waals surface area contributed by atoms with Gasteiger partial charge in [-0.1, -0.05) is 25.1 Å². The second kappa shape index (κ2) is 4.69. The van der Waals surface area contributed by atoms with E-state index in [2.05, 4.69) is 12.1 Å². The van der Waals surface area contributed by atoms with E-state index < -0.39 is 5.97 Å². The van der Waals surface area contributed by atoms with E-state index >= 15 is 0 Å². The fourth-order valence-electron chi connectivity index (χ4n) is 2.52. The van der Waals surface area contributed by atoms with Crippen LogP contribution in [0.25, 0.3) is 0 Å². The Hall–Kier alpha value is -1.31. The molecule has 0 spiro atoms. The van der Waals surface area contributed by atoms with Crippen LogP contribution in [0.15, 0.2) is 18.2 Å². The molecular weight excluding hydrogens is 200 g/mol. The zero-order valence-corrected chi connectivity index (χ0v) is 9.70. The van der Waals surface area contributed by atoms with Crippen LogP contribution >= 0.6 is 0 Å². The van der Waals surface area contributed by atoms with Crippen molar-refractivity contribution < 1.29 is 9.90 Å². The van der Waals surface area contributed by atoms with Gasteiger partial charge in [0.25, 0.3) is 0 Å². The molecule has 86 valence electrons. The molecule has 0 aliphatic heterocycles. The highest BCUT2D eigenvalue weighted by Crippen LogP contribution is 2.27. The van der Waals surface area contributed by atoms with E-state index in [0.717, 1.165) is 18.4 Å². The third-order valence-electron chi connectivity index (χ3n) is 3.48. The molecule has 0 amide bonds. The molecule has 1 aromatic carbocycles. The molecule has 2 nitrogen and oxygen atoms in total. The molecule has 2 heteroatoms. The lowest BCUT2D eigenvalue weighted by Gasteiger charge is -2.18. The Morgan fingerprint density at radius 3 is 2.62 bits per heavy atom. The number of hydrogen-bond acceptors (Lipinski definition) is 1. The first-order chi connectivity index (χ1) is 7.72. The lowest BCUT2D eigenvalue weighted by Crippen LogP contribution is -2.12. The van der Waals surface area contributed by atoms with Crippen LogP contribution in [0.4, 0.5) is 0 Å². The fraction of sp³-hybridized carbons (Fsp3) is 0.500. The molecule has 1 N–H and O–H groups in total. The van der Waals surface area contributed by atoms with Gasteiger partial charge >= 0.3 is 5.97 Å². The summed E-state index contributed by atoms with van der Waals surface area (Å²) in [5, 5.41) is 9.13. The van der Waals surface area contributed by atoms with E-state index in [0.29, 0.717) is 6.42 Å². The molecule has 0 heterocycles. The molecular formula is C14H18O2. The first kappa shape index (κ1) is 11.2. The van der Waals surface area contributed by atoms with E-state index in [1.807, 2.05) is 13.0 Å². The highest BCUT2D eigenvalue weighted by Gasteiger charge is 2.19. The summed E-state index contributed by atoms with van der Waals surface area (Å²) < 4.78 is 0. The molecule has 1 aromatic rings. The van der Waals surface area contributed by atoms with Gasteiger partial charge in [-0.2, -0.15) is 0 Å². The molecule has 0 aromatic heterocycles. The average molecular weight is 218 g/mol. The lowest BCUT2D eigenvalue weighted by molar-refractivity contribution is -0.138. The Kier molecular flexibility index (Phi) is 3.28. The van der Waals surface area contributed by atoms with Crippen LogP contribution in [0.5, 0.6) is 0 Å². The molecule has 2 rings (SSSR count). The smallest absolute Gasteiger partial charge is 0.310 e. The zero-order chi connectivity index (χ0) is 11.5. The number of hydrogen-bond donors (Lipinski definition) is 1. The third-order valence-corrected chi connectivity index (χ3v) is 3.48. The van der Waals surface area contributed by atoms with Gasteiger partial charge in [-0.3, -0.25) is 4.79 Å². The van der Waals surface area contributed by atoms with Crippen LogP contribution in [0.3, 0.4) is 0 Å². The number of carboxylic acid groups (broad SMARTS) is 1. The number of aliphatic carboxylic acids is 1. The molecule has 0 bridgehead atoms. The maximum absolute atomic E-state index is 11.1. The lowest BCUT2D eigenvalue weighted by atomic mass is 9.87. The van der Waals surface area contributed by atoms with E-state index in [-0.39, 0.29) is 5.92 Å². The minimum absolute atomic E-state index is 0.341. The summed E-state index contributed by atoms with van der Waals surface area (Å²) in [5.41, 5.74) is 3.74. The third kappa shape index (κ3) is 2.11. The normalized spacial score (nSPS) is 16.6. The quantitative estimate of drug-likeness (QED) is 0.846. The van der Waals surface area contributed by atoms with Crippen LogP contribution in [0, 0.1) is 0 Å². The average Bonchev–Trinajstić information content (AvgIpc) is 2.29. The van der Waals surface area contributed by atoms with Crippen molar-refractivity contribution in [3.63, 3.8) is 0 Å². The predicted molar refractivity (Wildman–Crippen MR) is 63.8 cm³/mol. The van der Waals surface area contributed by atoms with Gasteiger partial charge in [0.2, 0.25) is 0 Å². The second-order valence-electron chi connectivity index (χ2n) is 4.53. The van der Waals surface area contributed by atoms with Gasteiger partial charge < -0.3 is 5.11 Å². The maximum atomic E-state index is 11.1. The minimum atomic E-state index is -0.710. The maximum Gasteiger partial charge on any atom is 0.310 e. The van der Waals surface area contributed by atoms with Crippen molar-refractivity contribution in [2.75, 3.05) is 0 Å². The van der Waals surface area contributed by atoms with Gasteiger partial charge in [-0.25, -0.2) is 0 Å². The monoisotopic (exact) mass is 218 g/mol. The fourth-order valence-corrected chi connectivity index (χ4v) is 2.52. The number of rotatable bonds is 3. The molecule has 0 saturated carbocycles. The van der Waals surface area contributed by atoms with Gasteiger partial charge in [0, 0.05) is 0 Å². The standard InChI is InChI=1S/C14H18O2/c1-2-13(14(15)16)12-8-7-10-5-3-4-6-11(10)9-12/h7-9,13H,2-6H2,1H3,(H,15,16)/t13-/m1/s1. The second-order valence-corrected chi connectivity index (χ2v) is 4.53. The van der Waals surface area contributed by atoms with Crippen LogP contribution < -0.4 is 0 Å². The Bertz CT molecular complexity index is 396. The van der Waals surface area contributed by atoms with Gasteiger partial charge in [0.05, 0.1) is 5.92 Å². The van der Waals surface area contributed by atoms with Crippen molar-refractivity contribution in [1.82, 2.24) is 0 Å². The zero-order valence-electron chi connectivity index (χ0n) is 9.70. The van der Waals surface area contributed by atoms with Crippen molar-refractivity contribution in [3.05, 3.63) is 34.9 Å². The van der Waals surface area contributed by atoms with Crippen LogP contribution in [-0.4, -0.2) is 11.1 Å². The molecule has 0 unspecified atom stereocenters. The van der Waals surface area contributed by atoms with Gasteiger partial charge in [-0.15, -0.1) is 0 Å². The Morgan fingerprint density at radius 1 is 1.31 bits per heavy atom. The summed E-state index contributed by atoms with van der Waals surface area (Å²) in [7, 11) is 0. The van der Waals surface area contributed by atoms with Crippen LogP contribution in [0.2, 0.25) is 0 Å². The molecule has 0 radical (unpaired) electrons. The molecule has 16 heavy (non-hydrogen) atoms. The summed E-state index contributed by atoms with van der Waals surface area (Å²) in [6.45, 7) is 1.93. The van der Waals surface area contributed by atoms with E-state index in [1.165, 1.54) is 24.0 Å². The van der Waals surface area contributed by atoms with Gasteiger partial charge in [0.1, 0.15) is 0 Å². The van der Waals surface area contributed by atoms with Crippen molar-refractivity contribution >= 4 is 5.97 Å². The summed E-state index contributed by atoms with van der Waals surface area (Å²) in [6, 6.07) is 6.22. The van der Waals surface area contributed by atoms with E-state index in [9.17, 15) is 4.79 Å². The molecule has 1 atom stereocenters. The molecule has 0 fully saturated rings. The Morgan fingerprint density at radius 2 is 2.00 bits per heavy atom. The number of aryl methyl sites for hydroxylation is 2. The van der Waals surface area contributed by atoms with Crippen molar-refractivity contribution in [1.29, 1.82) is 0 Å². The summed E-state index contributed by atoms with van der Waals surface area (Å²) >= 11 is 0. The van der Waals surface area contributed by atoms with Crippen LogP contribution in [0.1, 0.15) is 48.8 Å². The van der Waals surface area contributed by atoms with Gasteiger partial charge in [0.15, 0.2) is 0 Å². The van der Waals surface area contributed by atoms with E-state index in [4.69, 9.17) is 5.11 Å². The largest absolute Gasteiger partial charge is 0.481 e. The number of carbonyl (C=O) groups is 1. The predicted octanol–water partition coefficient (Wildman–Crippen LogP) is 3.14. The Balaban J connectivity index is 2.32.